The lowest BCUT2D eigenvalue weighted by atomic mass is 10.1. The number of benzene rings is 3. The highest BCUT2D eigenvalue weighted by atomic mass is 32.2. The van der Waals surface area contributed by atoms with E-state index in [1.165, 1.54) is 17.0 Å². The van der Waals surface area contributed by atoms with E-state index in [2.05, 4.69) is 5.32 Å². The van der Waals surface area contributed by atoms with E-state index < -0.39 is 34.1 Å². The Kier molecular flexibility index (Phi) is 8.99. The van der Waals surface area contributed by atoms with Gasteiger partial charge in [-0.3, -0.25) is 13.9 Å². The van der Waals surface area contributed by atoms with Gasteiger partial charge in [-0.1, -0.05) is 60.2 Å². The normalized spacial score (nSPS) is 12.5. The van der Waals surface area contributed by atoms with E-state index in [1.54, 1.807) is 43.3 Å². The van der Waals surface area contributed by atoms with Gasteiger partial charge in [-0.2, -0.15) is 0 Å². The van der Waals surface area contributed by atoms with Crippen molar-refractivity contribution in [3.8, 4) is 0 Å². The van der Waals surface area contributed by atoms with Crippen molar-refractivity contribution in [3.05, 3.63) is 95.6 Å². The van der Waals surface area contributed by atoms with Gasteiger partial charge < -0.3 is 10.2 Å². The van der Waals surface area contributed by atoms with Crippen LogP contribution in [0.2, 0.25) is 0 Å². The Hall–Kier alpha value is -3.65. The van der Waals surface area contributed by atoms with Crippen LogP contribution in [0, 0.1) is 13.8 Å². The zero-order chi connectivity index (χ0) is 28.1. The summed E-state index contributed by atoms with van der Waals surface area (Å²) >= 11 is 0. The molecule has 0 aromatic heterocycles. The summed E-state index contributed by atoms with van der Waals surface area (Å²) in [5.41, 5.74) is 2.66. The highest BCUT2D eigenvalue weighted by Gasteiger charge is 2.33. The summed E-state index contributed by atoms with van der Waals surface area (Å²) in [7, 11) is -4.07. The van der Waals surface area contributed by atoms with Gasteiger partial charge in [0, 0.05) is 12.1 Å². The Morgan fingerprint density at radius 1 is 0.868 bits per heavy atom. The molecule has 3 rings (SSSR count). The number of nitrogens with zero attached hydrogens (tertiary/aromatic N) is 2. The number of amides is 2. The Labute approximate surface area is 226 Å². The van der Waals surface area contributed by atoms with Crippen molar-refractivity contribution in [1.29, 1.82) is 0 Å². The lowest BCUT2D eigenvalue weighted by molar-refractivity contribution is -0.140. The van der Waals surface area contributed by atoms with Crippen LogP contribution in [0.4, 0.5) is 5.69 Å². The fourth-order valence-electron chi connectivity index (χ4n) is 3.98. The monoisotopic (exact) mass is 535 g/mol. The Balaban J connectivity index is 2.02. The first-order valence-corrected chi connectivity index (χ1v) is 14.0. The van der Waals surface area contributed by atoms with E-state index in [-0.39, 0.29) is 17.3 Å². The van der Waals surface area contributed by atoms with Gasteiger partial charge in [-0.25, -0.2) is 8.42 Å². The van der Waals surface area contributed by atoms with Crippen LogP contribution in [0.1, 0.15) is 44.4 Å². The molecule has 0 aliphatic rings. The van der Waals surface area contributed by atoms with E-state index in [0.29, 0.717) is 5.69 Å². The topological polar surface area (TPSA) is 86.8 Å². The molecular weight excluding hydrogens is 498 g/mol. The molecule has 0 heterocycles. The highest BCUT2D eigenvalue weighted by Crippen LogP contribution is 2.25. The van der Waals surface area contributed by atoms with Gasteiger partial charge in [0.15, 0.2) is 0 Å². The number of rotatable bonds is 9. The van der Waals surface area contributed by atoms with Gasteiger partial charge >= 0.3 is 0 Å². The van der Waals surface area contributed by atoms with Crippen molar-refractivity contribution >= 4 is 27.5 Å². The minimum Gasteiger partial charge on any atom is -0.350 e. The van der Waals surface area contributed by atoms with E-state index in [1.807, 2.05) is 65.0 Å². The molecule has 3 aromatic rings. The van der Waals surface area contributed by atoms with Crippen molar-refractivity contribution < 1.29 is 18.0 Å². The van der Waals surface area contributed by atoms with Crippen molar-refractivity contribution in [2.45, 2.75) is 64.6 Å². The van der Waals surface area contributed by atoms with Crippen LogP contribution in [0.15, 0.2) is 83.8 Å². The average molecular weight is 536 g/mol. The van der Waals surface area contributed by atoms with Crippen LogP contribution in [-0.4, -0.2) is 43.3 Å². The van der Waals surface area contributed by atoms with Crippen LogP contribution in [0.3, 0.4) is 0 Å². The van der Waals surface area contributed by atoms with Gasteiger partial charge in [0.25, 0.3) is 10.0 Å². The van der Waals surface area contributed by atoms with Gasteiger partial charge in [-0.15, -0.1) is 0 Å². The van der Waals surface area contributed by atoms with Crippen LogP contribution < -0.4 is 9.62 Å². The van der Waals surface area contributed by atoms with E-state index in [4.69, 9.17) is 0 Å². The van der Waals surface area contributed by atoms with E-state index in [0.717, 1.165) is 21.0 Å². The van der Waals surface area contributed by atoms with Gasteiger partial charge in [0.05, 0.1) is 10.6 Å². The highest BCUT2D eigenvalue weighted by molar-refractivity contribution is 7.92. The standard InChI is InChI=1S/C30H37N3O4S/c1-22-15-17-25(18-16-22)20-32(24(3)29(35)31-30(4,5)6)28(34)21-33(26-12-10-11-23(2)19-26)38(36,37)27-13-8-7-9-14-27/h7-19,24H,20-21H2,1-6H3,(H,31,35). The fourth-order valence-corrected chi connectivity index (χ4v) is 5.41. The molecular formula is C30H37N3O4S. The molecule has 8 heteroatoms. The van der Waals surface area contributed by atoms with Crippen molar-refractivity contribution in [3.63, 3.8) is 0 Å². The SMILES string of the molecule is Cc1ccc(CN(C(=O)CN(c2cccc(C)c2)S(=O)(=O)c2ccccc2)C(C)C(=O)NC(C)(C)C)cc1. The molecule has 1 atom stereocenters. The molecule has 1 N–H and O–H groups in total. The van der Waals surface area contributed by atoms with Crippen LogP contribution in [-0.2, 0) is 26.2 Å². The summed E-state index contributed by atoms with van der Waals surface area (Å²) in [6, 6.07) is 21.9. The maximum absolute atomic E-state index is 13.9. The summed E-state index contributed by atoms with van der Waals surface area (Å²) in [5.74, 6) is -0.797. The molecule has 38 heavy (non-hydrogen) atoms. The average Bonchev–Trinajstić information content (AvgIpc) is 2.85. The van der Waals surface area contributed by atoms with Crippen molar-refractivity contribution in [1.82, 2.24) is 10.2 Å². The number of aryl methyl sites for hydroxylation is 2. The molecule has 0 saturated carbocycles. The number of nitrogens with one attached hydrogen (secondary N) is 1. The molecule has 3 aromatic carbocycles. The Morgan fingerprint density at radius 2 is 1.50 bits per heavy atom. The number of carbonyl (C=O) groups excluding carboxylic acids is 2. The first-order valence-electron chi connectivity index (χ1n) is 12.6. The third-order valence-corrected chi connectivity index (χ3v) is 7.83. The predicted molar refractivity (Wildman–Crippen MR) is 151 cm³/mol. The first-order chi connectivity index (χ1) is 17.8. The predicted octanol–water partition coefficient (Wildman–Crippen LogP) is 4.83. The zero-order valence-corrected chi connectivity index (χ0v) is 23.7. The third kappa shape index (κ3) is 7.44. The van der Waals surface area contributed by atoms with Crippen molar-refractivity contribution in [2.24, 2.45) is 0 Å². The number of sulfonamides is 1. The molecule has 0 spiro atoms. The summed E-state index contributed by atoms with van der Waals surface area (Å²) in [5, 5.41) is 2.93. The Bertz CT molecular complexity index is 1360. The molecule has 2 amide bonds. The second kappa shape index (κ2) is 11.8. The van der Waals surface area contributed by atoms with Crippen LogP contribution >= 0.6 is 0 Å². The number of anilines is 1. The van der Waals surface area contributed by atoms with Crippen LogP contribution in [0.5, 0.6) is 0 Å². The zero-order valence-electron chi connectivity index (χ0n) is 22.9. The molecule has 0 bridgehead atoms. The summed E-state index contributed by atoms with van der Waals surface area (Å²) in [4.78, 5) is 28.6. The molecule has 0 fully saturated rings. The molecule has 0 aliphatic heterocycles. The van der Waals surface area contributed by atoms with Crippen LogP contribution in [0.25, 0.3) is 0 Å². The summed E-state index contributed by atoms with van der Waals surface area (Å²) in [6.07, 6.45) is 0. The maximum atomic E-state index is 13.9. The lowest BCUT2D eigenvalue weighted by Crippen LogP contribution is -2.54. The summed E-state index contributed by atoms with van der Waals surface area (Å²) in [6.45, 7) is 10.8. The first kappa shape index (κ1) is 28.9. The lowest BCUT2D eigenvalue weighted by Gasteiger charge is -2.33. The van der Waals surface area contributed by atoms with E-state index in [9.17, 15) is 18.0 Å². The van der Waals surface area contributed by atoms with Gasteiger partial charge in [0.1, 0.15) is 12.6 Å². The maximum Gasteiger partial charge on any atom is 0.264 e. The minimum absolute atomic E-state index is 0.0814. The Morgan fingerprint density at radius 3 is 2.08 bits per heavy atom. The number of hydrogen-bond donors (Lipinski definition) is 1. The second-order valence-corrected chi connectivity index (χ2v) is 12.4. The molecule has 202 valence electrons. The number of hydrogen-bond acceptors (Lipinski definition) is 4. The van der Waals surface area contributed by atoms with E-state index >= 15 is 0 Å². The minimum atomic E-state index is -4.07. The van der Waals surface area contributed by atoms with Gasteiger partial charge in [0.2, 0.25) is 11.8 Å². The third-order valence-electron chi connectivity index (χ3n) is 6.04. The van der Waals surface area contributed by atoms with Gasteiger partial charge in [-0.05, 0) is 76.9 Å². The molecule has 7 nitrogen and oxygen atoms in total. The largest absolute Gasteiger partial charge is 0.350 e. The molecule has 0 saturated heterocycles. The fraction of sp³-hybridized carbons (Fsp3) is 0.333. The molecule has 0 radical (unpaired) electrons. The number of carbonyl (C=O) groups is 2. The molecule has 1 unspecified atom stereocenters. The summed E-state index contributed by atoms with van der Waals surface area (Å²) < 4.78 is 28.6. The quantitative estimate of drug-likeness (QED) is 0.425. The smallest absolute Gasteiger partial charge is 0.264 e. The second-order valence-electron chi connectivity index (χ2n) is 10.6. The van der Waals surface area contributed by atoms with Crippen molar-refractivity contribution in [2.75, 3.05) is 10.8 Å². The molecule has 0 aliphatic carbocycles.